The molecule has 0 saturated carbocycles. The third-order valence-electron chi connectivity index (χ3n) is 2.92. The Bertz CT molecular complexity index is 406. The van der Waals surface area contributed by atoms with Crippen LogP contribution in [-0.2, 0) is 11.2 Å². The van der Waals surface area contributed by atoms with Crippen LogP contribution >= 0.6 is 15.9 Å². The molecule has 1 atom stereocenters. The lowest BCUT2D eigenvalue weighted by molar-refractivity contribution is -0.120. The Kier molecular flexibility index (Phi) is 3.61. The highest BCUT2D eigenvalue weighted by molar-refractivity contribution is 9.10. The minimum absolute atomic E-state index is 0.0808. The zero-order valence-electron chi connectivity index (χ0n) is 9.00. The van der Waals surface area contributed by atoms with Crippen molar-refractivity contribution in [1.82, 2.24) is 0 Å². The van der Waals surface area contributed by atoms with Crippen molar-refractivity contribution in [2.75, 3.05) is 11.9 Å². The minimum atomic E-state index is 0.0808. The van der Waals surface area contributed by atoms with E-state index in [0.29, 0.717) is 6.54 Å². The molecule has 2 rings (SSSR count). The predicted octanol–water partition coefficient (Wildman–Crippen LogP) is 2.30. The quantitative estimate of drug-likeness (QED) is 0.894. The summed E-state index contributed by atoms with van der Waals surface area (Å²) in [6.45, 7) is 0.650. The summed E-state index contributed by atoms with van der Waals surface area (Å²) < 4.78 is 0.993. The van der Waals surface area contributed by atoms with E-state index in [0.717, 1.165) is 29.4 Å². The number of rotatable bonds is 3. The lowest BCUT2D eigenvalue weighted by atomic mass is 9.90. The van der Waals surface area contributed by atoms with Crippen molar-refractivity contribution in [3.8, 4) is 0 Å². The van der Waals surface area contributed by atoms with Gasteiger partial charge in [0.1, 0.15) is 0 Å². The second kappa shape index (κ2) is 4.97. The summed E-state index contributed by atoms with van der Waals surface area (Å²) in [7, 11) is 0. The van der Waals surface area contributed by atoms with Gasteiger partial charge in [0.05, 0.1) is 0 Å². The molecular weight excluding hydrogens is 268 g/mol. The highest BCUT2D eigenvalue weighted by Crippen LogP contribution is 2.30. The third-order valence-corrected chi connectivity index (χ3v) is 3.42. The molecule has 0 aliphatic carbocycles. The van der Waals surface area contributed by atoms with Gasteiger partial charge in [-0.15, -0.1) is 0 Å². The summed E-state index contributed by atoms with van der Waals surface area (Å²) >= 11 is 3.40. The summed E-state index contributed by atoms with van der Waals surface area (Å²) in [4.78, 5) is 11.8. The van der Waals surface area contributed by atoms with E-state index >= 15 is 0 Å². The number of carbonyl (C=O) groups is 1. The fourth-order valence-corrected chi connectivity index (χ4v) is 2.39. The molecule has 1 aliphatic rings. The number of halogens is 1. The van der Waals surface area contributed by atoms with Gasteiger partial charge in [0.2, 0.25) is 5.91 Å². The molecule has 16 heavy (non-hydrogen) atoms. The summed E-state index contributed by atoms with van der Waals surface area (Å²) in [5, 5.41) is 2.95. The predicted molar refractivity (Wildman–Crippen MR) is 68.3 cm³/mol. The standard InChI is InChI=1S/C12H15BrN2O/c13-10-4-3-8-6-9(2-1-5-14)12(16)15-11(8)7-10/h3-4,7,9H,1-2,5-6,14H2,(H,15,16). The molecule has 0 aromatic heterocycles. The van der Waals surface area contributed by atoms with Gasteiger partial charge in [-0.1, -0.05) is 22.0 Å². The van der Waals surface area contributed by atoms with Crippen LogP contribution in [0.5, 0.6) is 0 Å². The molecule has 0 spiro atoms. The van der Waals surface area contributed by atoms with E-state index in [1.165, 1.54) is 5.56 Å². The van der Waals surface area contributed by atoms with E-state index < -0.39 is 0 Å². The van der Waals surface area contributed by atoms with E-state index in [2.05, 4.69) is 27.3 Å². The molecule has 0 bridgehead atoms. The highest BCUT2D eigenvalue weighted by atomic mass is 79.9. The van der Waals surface area contributed by atoms with Crippen LogP contribution in [0.25, 0.3) is 0 Å². The van der Waals surface area contributed by atoms with Gasteiger partial charge in [-0.3, -0.25) is 4.79 Å². The van der Waals surface area contributed by atoms with Crippen molar-refractivity contribution in [3.63, 3.8) is 0 Å². The molecule has 1 aliphatic heterocycles. The topological polar surface area (TPSA) is 55.1 Å². The molecule has 0 saturated heterocycles. The number of anilines is 1. The van der Waals surface area contributed by atoms with Crippen molar-refractivity contribution in [3.05, 3.63) is 28.2 Å². The van der Waals surface area contributed by atoms with E-state index in [1.54, 1.807) is 0 Å². The number of hydrogen-bond acceptors (Lipinski definition) is 2. The number of amides is 1. The summed E-state index contributed by atoms with van der Waals surface area (Å²) in [5.41, 5.74) is 7.61. The van der Waals surface area contributed by atoms with E-state index in [9.17, 15) is 4.79 Å². The van der Waals surface area contributed by atoms with Gasteiger partial charge in [-0.2, -0.15) is 0 Å². The van der Waals surface area contributed by atoms with Gasteiger partial charge in [0.15, 0.2) is 0 Å². The van der Waals surface area contributed by atoms with Crippen LogP contribution in [0.2, 0.25) is 0 Å². The maximum atomic E-state index is 11.8. The van der Waals surface area contributed by atoms with Crippen LogP contribution in [0.1, 0.15) is 18.4 Å². The normalized spacial score (nSPS) is 19.1. The fraction of sp³-hybridized carbons (Fsp3) is 0.417. The molecule has 0 radical (unpaired) electrons. The van der Waals surface area contributed by atoms with Crippen molar-refractivity contribution < 1.29 is 4.79 Å². The van der Waals surface area contributed by atoms with Gasteiger partial charge in [0.25, 0.3) is 0 Å². The van der Waals surface area contributed by atoms with Crippen LogP contribution in [-0.4, -0.2) is 12.5 Å². The summed E-state index contributed by atoms with van der Waals surface area (Å²) in [6, 6.07) is 6.02. The summed E-state index contributed by atoms with van der Waals surface area (Å²) in [6.07, 6.45) is 2.61. The molecular formula is C12H15BrN2O. The average molecular weight is 283 g/mol. The van der Waals surface area contributed by atoms with Crippen LogP contribution < -0.4 is 11.1 Å². The fourth-order valence-electron chi connectivity index (χ4n) is 2.03. The summed E-state index contributed by atoms with van der Waals surface area (Å²) in [5.74, 6) is 0.205. The minimum Gasteiger partial charge on any atom is -0.330 e. The van der Waals surface area contributed by atoms with Gasteiger partial charge < -0.3 is 11.1 Å². The van der Waals surface area contributed by atoms with Crippen LogP contribution in [0, 0.1) is 5.92 Å². The van der Waals surface area contributed by atoms with Crippen molar-refractivity contribution in [2.45, 2.75) is 19.3 Å². The number of hydrogen-bond donors (Lipinski definition) is 2. The Balaban J connectivity index is 2.15. The zero-order chi connectivity index (χ0) is 11.5. The number of fused-ring (bicyclic) bond motifs is 1. The maximum absolute atomic E-state index is 11.8. The zero-order valence-corrected chi connectivity index (χ0v) is 10.6. The lowest BCUT2D eigenvalue weighted by Gasteiger charge is -2.24. The van der Waals surface area contributed by atoms with Gasteiger partial charge in [-0.05, 0) is 43.5 Å². The Morgan fingerprint density at radius 1 is 1.50 bits per heavy atom. The second-order valence-electron chi connectivity index (χ2n) is 4.12. The first kappa shape index (κ1) is 11.6. The molecule has 1 aromatic rings. The Labute approximate surface area is 104 Å². The van der Waals surface area contributed by atoms with E-state index in [-0.39, 0.29) is 11.8 Å². The molecule has 1 amide bonds. The first-order valence-electron chi connectivity index (χ1n) is 5.50. The molecule has 0 fully saturated rings. The Hall–Kier alpha value is -0.870. The Morgan fingerprint density at radius 2 is 2.31 bits per heavy atom. The van der Waals surface area contributed by atoms with Crippen molar-refractivity contribution in [1.29, 1.82) is 0 Å². The van der Waals surface area contributed by atoms with Gasteiger partial charge in [0, 0.05) is 16.1 Å². The van der Waals surface area contributed by atoms with Crippen LogP contribution in [0.3, 0.4) is 0 Å². The maximum Gasteiger partial charge on any atom is 0.227 e. The smallest absolute Gasteiger partial charge is 0.227 e. The van der Waals surface area contributed by atoms with Crippen LogP contribution in [0.4, 0.5) is 5.69 Å². The van der Waals surface area contributed by atoms with Crippen molar-refractivity contribution in [2.24, 2.45) is 11.7 Å². The number of nitrogens with two attached hydrogens (primary N) is 1. The highest BCUT2D eigenvalue weighted by Gasteiger charge is 2.25. The molecule has 4 heteroatoms. The van der Waals surface area contributed by atoms with Gasteiger partial charge in [-0.25, -0.2) is 0 Å². The number of carbonyl (C=O) groups excluding carboxylic acids is 1. The number of nitrogens with one attached hydrogen (secondary N) is 1. The first-order valence-corrected chi connectivity index (χ1v) is 6.29. The molecule has 86 valence electrons. The SMILES string of the molecule is NCCCC1Cc2ccc(Br)cc2NC1=O. The van der Waals surface area contributed by atoms with Crippen LogP contribution in [0.15, 0.2) is 22.7 Å². The molecule has 1 heterocycles. The van der Waals surface area contributed by atoms with E-state index in [4.69, 9.17) is 5.73 Å². The van der Waals surface area contributed by atoms with Crippen molar-refractivity contribution >= 4 is 27.5 Å². The van der Waals surface area contributed by atoms with E-state index in [1.807, 2.05) is 12.1 Å². The molecule has 1 unspecified atom stereocenters. The molecule has 1 aromatic carbocycles. The second-order valence-corrected chi connectivity index (χ2v) is 5.04. The monoisotopic (exact) mass is 282 g/mol. The van der Waals surface area contributed by atoms with Gasteiger partial charge >= 0.3 is 0 Å². The largest absolute Gasteiger partial charge is 0.330 e. The molecule has 3 N–H and O–H groups in total. The molecule has 3 nitrogen and oxygen atoms in total. The first-order chi connectivity index (χ1) is 7.70. The third kappa shape index (κ3) is 2.44. The number of benzene rings is 1. The lowest BCUT2D eigenvalue weighted by Crippen LogP contribution is -2.30. The average Bonchev–Trinajstić information content (AvgIpc) is 2.26. The Morgan fingerprint density at radius 3 is 3.06 bits per heavy atom.